The van der Waals surface area contributed by atoms with Crippen molar-refractivity contribution in [3.63, 3.8) is 0 Å². The van der Waals surface area contributed by atoms with Crippen LogP contribution in [0.3, 0.4) is 0 Å². The van der Waals surface area contributed by atoms with E-state index < -0.39 is 63.8 Å². The van der Waals surface area contributed by atoms with E-state index in [4.69, 9.17) is 25.8 Å². The molecule has 0 radical (unpaired) electrons. The molecule has 8 heteroatoms. The minimum Gasteiger partial charge on any atom is -0.462 e. The lowest BCUT2D eigenvalue weighted by molar-refractivity contribution is -0.161. The zero-order valence-electron chi connectivity index (χ0n) is 16.2. The van der Waals surface area contributed by atoms with Gasteiger partial charge in [0.25, 0.3) is 0 Å². The Morgan fingerprint density at radius 1 is 1.26 bits per heavy atom. The molecule has 0 aromatic carbocycles. The van der Waals surface area contributed by atoms with Crippen LogP contribution in [0.5, 0.6) is 0 Å². The molecule has 9 atom stereocenters. The van der Waals surface area contributed by atoms with Crippen LogP contribution < -0.4 is 0 Å². The number of hydrogen-bond acceptors (Lipinski definition) is 7. The summed E-state index contributed by atoms with van der Waals surface area (Å²) in [4.78, 5) is 23.2. The maximum Gasteiger partial charge on any atom is 0.309 e. The number of aliphatic hydroxyl groups is 2. The molecule has 1 spiro atoms. The molecule has 7 nitrogen and oxygen atoms in total. The van der Waals surface area contributed by atoms with E-state index in [1.54, 1.807) is 34.6 Å². The second-order valence-electron chi connectivity index (χ2n) is 9.36. The van der Waals surface area contributed by atoms with Crippen molar-refractivity contribution in [1.82, 2.24) is 0 Å². The van der Waals surface area contributed by atoms with Crippen molar-refractivity contribution in [2.24, 2.45) is 17.8 Å². The molecule has 0 unspecified atom stereocenters. The lowest BCUT2D eigenvalue weighted by atomic mass is 9.71. The number of hydrogen-bond donors (Lipinski definition) is 2. The Bertz CT molecular complexity index is 704. The maximum atomic E-state index is 12.4. The number of esters is 2. The van der Waals surface area contributed by atoms with Gasteiger partial charge in [0.05, 0.1) is 29.1 Å². The highest BCUT2D eigenvalue weighted by atomic mass is 35.5. The Hall–Kier alpha value is -0.890. The van der Waals surface area contributed by atoms with Crippen molar-refractivity contribution >= 4 is 23.5 Å². The van der Waals surface area contributed by atoms with Crippen molar-refractivity contribution in [3.8, 4) is 0 Å². The fraction of sp³-hybridized carbons (Fsp3) is 0.895. The van der Waals surface area contributed by atoms with Crippen molar-refractivity contribution in [3.05, 3.63) is 0 Å². The van der Waals surface area contributed by atoms with Gasteiger partial charge in [0.15, 0.2) is 0 Å². The fourth-order valence-corrected chi connectivity index (χ4v) is 6.30. The predicted octanol–water partition coefficient (Wildman–Crippen LogP) is 1.16. The number of rotatable bonds is 2. The van der Waals surface area contributed by atoms with Gasteiger partial charge in [0, 0.05) is 18.8 Å². The normalized spacial score (nSPS) is 56.0. The molecule has 0 aromatic rings. The third kappa shape index (κ3) is 2.14. The molecule has 4 rings (SSSR count). The predicted molar refractivity (Wildman–Crippen MR) is 93.9 cm³/mol. The Balaban J connectivity index is 1.85. The highest BCUT2D eigenvalue weighted by Crippen LogP contribution is 2.72. The van der Waals surface area contributed by atoms with Gasteiger partial charge in [-0.05, 0) is 13.8 Å². The Kier molecular flexibility index (Phi) is 3.87. The second kappa shape index (κ2) is 5.38. The summed E-state index contributed by atoms with van der Waals surface area (Å²) >= 11 is 7.08. The topological polar surface area (TPSA) is 106 Å². The molecule has 0 aromatic heterocycles. The van der Waals surface area contributed by atoms with E-state index in [0.29, 0.717) is 0 Å². The SMILES string of the molecule is CC(C)C(=O)O[C@H]1C[C@@](C)(O)[C@]23O[C@H]2C[C@](C)(O)[C@]3(Cl)[C@H]2OC(=O)[C@@H](C)[C@H]12. The van der Waals surface area contributed by atoms with Crippen LogP contribution in [0.15, 0.2) is 0 Å². The molecule has 2 aliphatic heterocycles. The summed E-state index contributed by atoms with van der Waals surface area (Å²) in [5.41, 5.74) is -4.17. The highest BCUT2D eigenvalue weighted by Gasteiger charge is 2.90. The summed E-state index contributed by atoms with van der Waals surface area (Å²) in [5, 5.41) is 22.6. The van der Waals surface area contributed by atoms with Crippen LogP contribution in [0.2, 0.25) is 0 Å². The largest absolute Gasteiger partial charge is 0.462 e. The lowest BCUT2D eigenvalue weighted by Gasteiger charge is -2.46. The minimum absolute atomic E-state index is 0.0503. The summed E-state index contributed by atoms with van der Waals surface area (Å²) < 4.78 is 17.3. The van der Waals surface area contributed by atoms with Crippen LogP contribution in [0, 0.1) is 17.8 Å². The Morgan fingerprint density at radius 3 is 2.48 bits per heavy atom. The summed E-state index contributed by atoms with van der Waals surface area (Å²) in [6.45, 7) is 8.31. The number of ether oxygens (including phenoxy) is 3. The standard InChI is InChI=1S/C19H27ClO7/c1-8(2)14(21)25-10-6-17(5,24)19-11(27-19)7-16(4,23)18(19,20)13-12(10)9(3)15(22)26-13/h8-13,23-24H,6-7H2,1-5H3/t9-,10-,11-,12+,13-,16-,17+,18+,19+/m0/s1. The van der Waals surface area contributed by atoms with Gasteiger partial charge in [-0.3, -0.25) is 9.59 Å². The van der Waals surface area contributed by atoms with E-state index >= 15 is 0 Å². The lowest BCUT2D eigenvalue weighted by Crippen LogP contribution is -2.66. The van der Waals surface area contributed by atoms with Crippen LogP contribution in [0.1, 0.15) is 47.5 Å². The summed E-state index contributed by atoms with van der Waals surface area (Å²) in [5.74, 6) is -2.41. The van der Waals surface area contributed by atoms with E-state index in [0.717, 1.165) is 0 Å². The van der Waals surface area contributed by atoms with Gasteiger partial charge in [-0.15, -0.1) is 11.6 Å². The molecule has 2 heterocycles. The first-order chi connectivity index (χ1) is 12.3. The van der Waals surface area contributed by atoms with Crippen LogP contribution in [0.25, 0.3) is 0 Å². The van der Waals surface area contributed by atoms with Crippen LogP contribution in [-0.2, 0) is 23.8 Å². The number of carbonyl (C=O) groups excluding carboxylic acids is 2. The van der Waals surface area contributed by atoms with Gasteiger partial charge in [0.2, 0.25) is 0 Å². The molecule has 27 heavy (non-hydrogen) atoms. The molecule has 2 aliphatic carbocycles. The van der Waals surface area contributed by atoms with Crippen LogP contribution in [-0.4, -0.2) is 62.1 Å². The third-order valence-corrected chi connectivity index (χ3v) is 8.04. The van der Waals surface area contributed by atoms with E-state index in [-0.39, 0.29) is 18.8 Å². The quantitative estimate of drug-likeness (QED) is 0.405. The van der Waals surface area contributed by atoms with Gasteiger partial charge in [-0.2, -0.15) is 0 Å². The van der Waals surface area contributed by atoms with Crippen molar-refractivity contribution < 1.29 is 34.0 Å². The van der Waals surface area contributed by atoms with Gasteiger partial charge < -0.3 is 24.4 Å². The maximum absolute atomic E-state index is 12.4. The minimum atomic E-state index is -1.54. The van der Waals surface area contributed by atoms with Crippen LogP contribution >= 0.6 is 11.6 Å². The van der Waals surface area contributed by atoms with Crippen molar-refractivity contribution in [1.29, 1.82) is 0 Å². The van der Waals surface area contributed by atoms with E-state index in [1.165, 1.54) is 0 Å². The Labute approximate surface area is 163 Å². The fourth-order valence-electron chi connectivity index (χ4n) is 5.67. The molecule has 152 valence electrons. The van der Waals surface area contributed by atoms with E-state index in [1.807, 2.05) is 0 Å². The average Bonchev–Trinajstić information content (AvgIpc) is 3.14. The molecular weight excluding hydrogens is 376 g/mol. The zero-order valence-corrected chi connectivity index (χ0v) is 16.9. The monoisotopic (exact) mass is 402 g/mol. The van der Waals surface area contributed by atoms with Gasteiger partial charge in [-0.1, -0.05) is 20.8 Å². The summed E-state index contributed by atoms with van der Waals surface area (Å²) in [7, 11) is 0. The summed E-state index contributed by atoms with van der Waals surface area (Å²) in [6, 6.07) is 0. The molecule has 2 saturated carbocycles. The first kappa shape index (κ1) is 19.4. The second-order valence-corrected chi connectivity index (χ2v) is 9.96. The zero-order chi connectivity index (χ0) is 20.2. The van der Waals surface area contributed by atoms with Gasteiger partial charge in [-0.25, -0.2) is 0 Å². The molecule has 0 amide bonds. The van der Waals surface area contributed by atoms with E-state index in [2.05, 4.69) is 0 Å². The number of epoxide rings is 1. The molecule has 0 bridgehead atoms. The van der Waals surface area contributed by atoms with Crippen molar-refractivity contribution in [2.75, 3.05) is 0 Å². The molecular formula is C19H27ClO7. The molecule has 2 saturated heterocycles. The van der Waals surface area contributed by atoms with Gasteiger partial charge >= 0.3 is 11.9 Å². The molecule has 2 N–H and O–H groups in total. The molecule has 4 fully saturated rings. The summed E-state index contributed by atoms with van der Waals surface area (Å²) in [6.07, 6.45) is -1.89. The number of carbonyl (C=O) groups is 2. The Morgan fingerprint density at radius 2 is 1.89 bits per heavy atom. The number of alkyl halides is 1. The van der Waals surface area contributed by atoms with Crippen molar-refractivity contribution in [2.45, 2.75) is 87.4 Å². The van der Waals surface area contributed by atoms with Crippen LogP contribution in [0.4, 0.5) is 0 Å². The average molecular weight is 403 g/mol. The van der Waals surface area contributed by atoms with E-state index in [9.17, 15) is 19.8 Å². The van der Waals surface area contributed by atoms with Gasteiger partial charge in [0.1, 0.15) is 22.7 Å². The first-order valence-electron chi connectivity index (χ1n) is 9.52. The highest BCUT2D eigenvalue weighted by molar-refractivity contribution is 6.27. The third-order valence-electron chi connectivity index (χ3n) is 7.13. The number of halogens is 1. The smallest absolute Gasteiger partial charge is 0.309 e. The molecule has 4 aliphatic rings. The number of fused-ring (bicyclic) bond motifs is 2. The first-order valence-corrected chi connectivity index (χ1v) is 9.90.